The second-order valence-corrected chi connectivity index (χ2v) is 11.1. The van der Waals surface area contributed by atoms with Crippen LogP contribution in [0, 0.1) is 5.92 Å². The van der Waals surface area contributed by atoms with Crippen LogP contribution in [0.4, 0.5) is 10.5 Å². The van der Waals surface area contributed by atoms with Crippen LogP contribution in [0.15, 0.2) is 24.3 Å². The van der Waals surface area contributed by atoms with Gasteiger partial charge in [-0.3, -0.25) is 9.69 Å². The number of nitrogens with zero attached hydrogens (tertiary/aromatic N) is 3. The molecule has 6 nitrogen and oxygen atoms in total. The molecule has 4 atom stereocenters. The number of ether oxygens (including phenoxy) is 1. The van der Waals surface area contributed by atoms with Crippen molar-refractivity contribution >= 4 is 17.7 Å². The van der Waals surface area contributed by atoms with Crippen LogP contribution in [0.5, 0.6) is 0 Å². The quantitative estimate of drug-likeness (QED) is 0.658. The SMILES string of the molecule is CC(=O)N1CC2(CCN(C3CC4CCC5N(C(=O)OC(C)C)C45C3)CC2)c2ccccc21. The Morgan fingerprint density at radius 2 is 1.88 bits per heavy atom. The Bertz CT molecular complexity index is 953. The number of fused-ring (bicyclic) bond motifs is 2. The number of hydrogen-bond donors (Lipinski definition) is 0. The number of rotatable bonds is 2. The summed E-state index contributed by atoms with van der Waals surface area (Å²) < 4.78 is 5.56. The van der Waals surface area contributed by atoms with Gasteiger partial charge in [0.05, 0.1) is 17.7 Å². The molecule has 5 aliphatic rings. The number of piperidine rings is 2. The van der Waals surface area contributed by atoms with E-state index in [2.05, 4.69) is 28.0 Å². The molecule has 4 unspecified atom stereocenters. The Hall–Kier alpha value is -2.08. The molecule has 172 valence electrons. The van der Waals surface area contributed by atoms with Gasteiger partial charge in [-0.2, -0.15) is 0 Å². The number of hydrogen-bond acceptors (Lipinski definition) is 4. The van der Waals surface area contributed by atoms with E-state index in [1.165, 1.54) is 18.4 Å². The molecule has 2 amide bonds. The smallest absolute Gasteiger partial charge is 0.410 e. The van der Waals surface area contributed by atoms with Crippen LogP contribution >= 0.6 is 0 Å². The molecule has 0 aromatic heterocycles. The zero-order valence-electron chi connectivity index (χ0n) is 19.5. The van der Waals surface area contributed by atoms with Gasteiger partial charge in [-0.05, 0) is 83.0 Å². The average Bonchev–Trinajstić information content (AvgIpc) is 3.03. The predicted octanol–water partition coefficient (Wildman–Crippen LogP) is 3.93. The van der Waals surface area contributed by atoms with Crippen LogP contribution in [0.2, 0.25) is 0 Å². The minimum absolute atomic E-state index is 0.0574. The summed E-state index contributed by atoms with van der Waals surface area (Å²) in [6.07, 6.45) is 6.77. The highest BCUT2D eigenvalue weighted by molar-refractivity contribution is 5.94. The van der Waals surface area contributed by atoms with E-state index in [-0.39, 0.29) is 29.1 Å². The third-order valence-electron chi connectivity index (χ3n) is 9.30. The monoisotopic (exact) mass is 437 g/mol. The van der Waals surface area contributed by atoms with E-state index in [0.717, 1.165) is 51.0 Å². The van der Waals surface area contributed by atoms with Gasteiger partial charge in [-0.15, -0.1) is 0 Å². The van der Waals surface area contributed by atoms with Crippen molar-refractivity contribution in [1.82, 2.24) is 9.80 Å². The molecule has 0 radical (unpaired) electrons. The normalized spacial score (nSPS) is 34.6. The molecule has 2 saturated heterocycles. The lowest BCUT2D eigenvalue weighted by molar-refractivity contribution is -0.116. The second kappa shape index (κ2) is 6.96. The van der Waals surface area contributed by atoms with Gasteiger partial charge in [0.15, 0.2) is 0 Å². The van der Waals surface area contributed by atoms with E-state index in [1.807, 2.05) is 24.8 Å². The molecule has 3 aliphatic heterocycles. The summed E-state index contributed by atoms with van der Waals surface area (Å²) in [6, 6.07) is 9.48. The van der Waals surface area contributed by atoms with Crippen LogP contribution in [0.3, 0.4) is 0 Å². The zero-order chi connectivity index (χ0) is 22.3. The minimum atomic E-state index is -0.0974. The first-order valence-corrected chi connectivity index (χ1v) is 12.5. The van der Waals surface area contributed by atoms with Crippen LogP contribution in [-0.4, -0.2) is 65.2 Å². The highest BCUT2D eigenvalue weighted by Crippen LogP contribution is 2.65. The van der Waals surface area contributed by atoms with E-state index in [1.54, 1.807) is 6.92 Å². The van der Waals surface area contributed by atoms with E-state index in [0.29, 0.717) is 18.0 Å². The van der Waals surface area contributed by atoms with Crippen molar-refractivity contribution in [3.8, 4) is 0 Å². The van der Waals surface area contributed by atoms with Crippen molar-refractivity contribution in [2.75, 3.05) is 24.5 Å². The molecule has 6 rings (SSSR count). The van der Waals surface area contributed by atoms with Crippen molar-refractivity contribution in [2.45, 2.75) is 88.4 Å². The van der Waals surface area contributed by atoms with E-state index >= 15 is 0 Å². The van der Waals surface area contributed by atoms with Gasteiger partial charge in [-0.25, -0.2) is 4.79 Å². The fraction of sp³-hybridized carbons (Fsp3) is 0.692. The molecule has 3 heterocycles. The Balaban J connectivity index is 1.15. The molecule has 2 aliphatic carbocycles. The number of anilines is 1. The molecule has 4 fully saturated rings. The maximum absolute atomic E-state index is 12.7. The van der Waals surface area contributed by atoms with Gasteiger partial charge in [0.25, 0.3) is 0 Å². The highest BCUT2D eigenvalue weighted by atomic mass is 16.6. The molecule has 6 heteroatoms. The van der Waals surface area contributed by atoms with Crippen molar-refractivity contribution in [2.24, 2.45) is 5.92 Å². The number of carbonyl (C=O) groups is 2. The molecule has 2 spiro atoms. The van der Waals surface area contributed by atoms with Gasteiger partial charge < -0.3 is 14.5 Å². The van der Waals surface area contributed by atoms with Gasteiger partial charge in [0, 0.05) is 30.6 Å². The lowest BCUT2D eigenvalue weighted by Gasteiger charge is -2.42. The second-order valence-electron chi connectivity index (χ2n) is 11.1. The summed E-state index contributed by atoms with van der Waals surface area (Å²) >= 11 is 0. The van der Waals surface area contributed by atoms with Crippen LogP contribution in [-0.2, 0) is 14.9 Å². The summed E-state index contributed by atoms with van der Waals surface area (Å²) in [7, 11) is 0. The largest absolute Gasteiger partial charge is 0.447 e. The maximum Gasteiger partial charge on any atom is 0.410 e. The molecule has 32 heavy (non-hydrogen) atoms. The standard InChI is InChI=1S/C26H35N3O3/c1-17(2)32-24(31)29-23-9-8-19-14-20(15-26(19,23)29)27-12-10-25(11-13-27)16-28(18(3)30)22-7-5-4-6-21(22)25/h4-7,17,19-20,23H,8-16H2,1-3H3. The Kier molecular flexibility index (Phi) is 4.46. The third-order valence-corrected chi connectivity index (χ3v) is 9.30. The van der Waals surface area contributed by atoms with Crippen LogP contribution in [0.1, 0.15) is 64.9 Å². The molecule has 1 aromatic rings. The lowest BCUT2D eigenvalue weighted by atomic mass is 9.74. The molecular formula is C26H35N3O3. The Morgan fingerprint density at radius 1 is 1.12 bits per heavy atom. The molecule has 1 aromatic carbocycles. The average molecular weight is 438 g/mol. The molecular weight excluding hydrogens is 402 g/mol. The zero-order valence-corrected chi connectivity index (χ0v) is 19.5. The molecule has 0 bridgehead atoms. The first-order valence-electron chi connectivity index (χ1n) is 12.5. The number of para-hydroxylation sites is 1. The van der Waals surface area contributed by atoms with Crippen molar-refractivity contribution in [3.63, 3.8) is 0 Å². The van der Waals surface area contributed by atoms with E-state index in [9.17, 15) is 9.59 Å². The lowest BCUT2D eigenvalue weighted by Crippen LogP contribution is -2.48. The molecule has 2 saturated carbocycles. The Labute approximate surface area is 190 Å². The Morgan fingerprint density at radius 3 is 2.59 bits per heavy atom. The van der Waals surface area contributed by atoms with Crippen LogP contribution in [0.25, 0.3) is 0 Å². The number of likely N-dealkylation sites (tertiary alicyclic amines) is 2. The van der Waals surface area contributed by atoms with E-state index in [4.69, 9.17) is 4.74 Å². The topological polar surface area (TPSA) is 52.9 Å². The summed E-state index contributed by atoms with van der Waals surface area (Å²) in [5.41, 5.74) is 2.65. The van der Waals surface area contributed by atoms with Crippen molar-refractivity contribution in [1.29, 1.82) is 0 Å². The van der Waals surface area contributed by atoms with Gasteiger partial charge >= 0.3 is 6.09 Å². The number of amides is 2. The summed E-state index contributed by atoms with van der Waals surface area (Å²) in [4.78, 5) is 31.7. The first kappa shape index (κ1) is 20.5. The van der Waals surface area contributed by atoms with Crippen molar-refractivity contribution in [3.05, 3.63) is 29.8 Å². The number of benzene rings is 1. The molecule has 0 N–H and O–H groups in total. The van der Waals surface area contributed by atoms with Gasteiger partial charge in [0.1, 0.15) is 0 Å². The summed E-state index contributed by atoms with van der Waals surface area (Å²) in [6.45, 7) is 8.53. The fourth-order valence-electron chi connectivity index (χ4n) is 7.87. The third kappa shape index (κ3) is 2.74. The van der Waals surface area contributed by atoms with E-state index < -0.39 is 0 Å². The van der Waals surface area contributed by atoms with Gasteiger partial charge in [-0.1, -0.05) is 18.2 Å². The number of carbonyl (C=O) groups excluding carboxylic acids is 2. The fourth-order valence-corrected chi connectivity index (χ4v) is 7.87. The van der Waals surface area contributed by atoms with Crippen molar-refractivity contribution < 1.29 is 14.3 Å². The predicted molar refractivity (Wildman–Crippen MR) is 123 cm³/mol. The maximum atomic E-state index is 12.7. The summed E-state index contributed by atoms with van der Waals surface area (Å²) in [5, 5.41) is 0. The first-order chi connectivity index (χ1) is 15.4. The van der Waals surface area contributed by atoms with Crippen LogP contribution < -0.4 is 4.90 Å². The minimum Gasteiger partial charge on any atom is -0.447 e. The summed E-state index contributed by atoms with van der Waals surface area (Å²) in [5.74, 6) is 0.779. The highest BCUT2D eigenvalue weighted by Gasteiger charge is 2.75. The van der Waals surface area contributed by atoms with Gasteiger partial charge in [0.2, 0.25) is 5.91 Å².